The summed E-state index contributed by atoms with van der Waals surface area (Å²) >= 11 is 6.09. The predicted octanol–water partition coefficient (Wildman–Crippen LogP) is 4.03. The molecule has 8 heteroatoms. The van der Waals surface area contributed by atoms with Gasteiger partial charge in [-0.25, -0.2) is 0 Å². The van der Waals surface area contributed by atoms with Gasteiger partial charge in [-0.3, -0.25) is 14.6 Å². The SMILES string of the molecule is Cn1cc(-c2n[nH]c3ccc(-c4ccn(C(CO)c5cccc(Cl)c5)c(=O)c4)cc23)cn1. The first-order chi connectivity index (χ1) is 15.5. The normalized spacial score (nSPS) is 12.3. The number of aromatic amines is 1. The summed E-state index contributed by atoms with van der Waals surface area (Å²) in [4.78, 5) is 13.0. The number of benzene rings is 2. The van der Waals surface area contributed by atoms with E-state index in [0.29, 0.717) is 5.02 Å². The largest absolute Gasteiger partial charge is 0.394 e. The number of aryl methyl sites for hydroxylation is 1. The summed E-state index contributed by atoms with van der Waals surface area (Å²) < 4.78 is 3.25. The molecule has 32 heavy (non-hydrogen) atoms. The van der Waals surface area contributed by atoms with E-state index in [9.17, 15) is 9.90 Å². The minimum absolute atomic E-state index is 0.207. The summed E-state index contributed by atoms with van der Waals surface area (Å²) in [5.41, 5.74) is 4.88. The number of nitrogens with one attached hydrogen (secondary N) is 1. The fourth-order valence-electron chi connectivity index (χ4n) is 3.95. The Labute approximate surface area is 188 Å². The zero-order valence-electron chi connectivity index (χ0n) is 17.2. The van der Waals surface area contributed by atoms with Gasteiger partial charge in [-0.05, 0) is 47.0 Å². The van der Waals surface area contributed by atoms with Crippen LogP contribution >= 0.6 is 11.6 Å². The second-order valence-electron chi connectivity index (χ2n) is 7.65. The molecule has 3 heterocycles. The maximum atomic E-state index is 13.0. The van der Waals surface area contributed by atoms with Gasteiger partial charge >= 0.3 is 0 Å². The third-order valence-corrected chi connectivity index (χ3v) is 5.80. The summed E-state index contributed by atoms with van der Waals surface area (Å²) in [5, 5.41) is 23.2. The fourth-order valence-corrected chi connectivity index (χ4v) is 4.15. The molecule has 3 aromatic heterocycles. The van der Waals surface area contributed by atoms with Crippen LogP contribution in [0.15, 0.2) is 78.0 Å². The summed E-state index contributed by atoms with van der Waals surface area (Å²) in [6.45, 7) is -0.213. The molecule has 0 spiro atoms. The lowest BCUT2D eigenvalue weighted by molar-refractivity contribution is 0.247. The number of H-pyrrole nitrogens is 1. The van der Waals surface area contributed by atoms with E-state index >= 15 is 0 Å². The monoisotopic (exact) mass is 445 g/mol. The van der Waals surface area contributed by atoms with Crippen molar-refractivity contribution in [1.29, 1.82) is 0 Å². The van der Waals surface area contributed by atoms with Crippen LogP contribution in [0, 0.1) is 0 Å². The third-order valence-electron chi connectivity index (χ3n) is 5.56. The Morgan fingerprint density at radius 2 is 1.94 bits per heavy atom. The number of rotatable bonds is 5. The molecule has 0 saturated carbocycles. The predicted molar refractivity (Wildman–Crippen MR) is 125 cm³/mol. The van der Waals surface area contributed by atoms with Gasteiger partial charge in [0.05, 0.1) is 24.4 Å². The molecule has 160 valence electrons. The van der Waals surface area contributed by atoms with E-state index in [0.717, 1.165) is 38.9 Å². The Morgan fingerprint density at radius 3 is 2.66 bits per heavy atom. The van der Waals surface area contributed by atoms with Crippen LogP contribution in [0.3, 0.4) is 0 Å². The van der Waals surface area contributed by atoms with E-state index in [2.05, 4.69) is 15.3 Å². The zero-order valence-corrected chi connectivity index (χ0v) is 18.0. The van der Waals surface area contributed by atoms with Gasteiger partial charge in [0.2, 0.25) is 0 Å². The van der Waals surface area contributed by atoms with Crippen molar-refractivity contribution in [3.05, 3.63) is 94.1 Å². The number of halogens is 1. The quantitative estimate of drug-likeness (QED) is 0.427. The van der Waals surface area contributed by atoms with Crippen molar-refractivity contribution in [2.24, 2.45) is 7.05 Å². The lowest BCUT2D eigenvalue weighted by atomic mass is 10.0. The topological polar surface area (TPSA) is 88.7 Å². The highest BCUT2D eigenvalue weighted by molar-refractivity contribution is 6.30. The Kier molecular flexibility index (Phi) is 5.13. The molecule has 0 bridgehead atoms. The number of aliphatic hydroxyl groups excluding tert-OH is 1. The van der Waals surface area contributed by atoms with Crippen LogP contribution in [0.5, 0.6) is 0 Å². The maximum absolute atomic E-state index is 13.0. The molecule has 5 aromatic rings. The standard InChI is InChI=1S/C24H20ClN5O2/c1-29-13-18(12-26-29)24-20-10-15(5-6-21(20)27-28-24)16-7-8-30(23(32)11-16)22(14-31)17-3-2-4-19(25)9-17/h2-13,22,31H,14H2,1H3,(H,27,28). The van der Waals surface area contributed by atoms with Gasteiger partial charge in [0.25, 0.3) is 5.56 Å². The van der Waals surface area contributed by atoms with Gasteiger partial charge in [0, 0.05) is 41.5 Å². The van der Waals surface area contributed by atoms with E-state index in [1.165, 1.54) is 4.57 Å². The molecule has 0 radical (unpaired) electrons. The molecular weight excluding hydrogens is 426 g/mol. The van der Waals surface area contributed by atoms with Crippen molar-refractivity contribution in [3.63, 3.8) is 0 Å². The average molecular weight is 446 g/mol. The van der Waals surface area contributed by atoms with Crippen LogP contribution in [0.1, 0.15) is 11.6 Å². The minimum atomic E-state index is -0.510. The van der Waals surface area contributed by atoms with E-state index < -0.39 is 6.04 Å². The summed E-state index contributed by atoms with van der Waals surface area (Å²) in [7, 11) is 1.86. The number of nitrogens with zero attached hydrogens (tertiary/aromatic N) is 4. The van der Waals surface area contributed by atoms with Crippen LogP contribution < -0.4 is 5.56 Å². The Morgan fingerprint density at radius 1 is 1.09 bits per heavy atom. The van der Waals surface area contributed by atoms with Crippen molar-refractivity contribution in [2.45, 2.75) is 6.04 Å². The molecule has 0 amide bonds. The minimum Gasteiger partial charge on any atom is -0.394 e. The van der Waals surface area contributed by atoms with E-state index in [4.69, 9.17) is 11.6 Å². The van der Waals surface area contributed by atoms with Crippen molar-refractivity contribution in [2.75, 3.05) is 6.61 Å². The molecule has 0 aliphatic carbocycles. The lowest BCUT2D eigenvalue weighted by Crippen LogP contribution is -2.26. The number of hydrogen-bond donors (Lipinski definition) is 2. The summed E-state index contributed by atoms with van der Waals surface area (Å²) in [6, 6.07) is 16.0. The lowest BCUT2D eigenvalue weighted by Gasteiger charge is -2.18. The van der Waals surface area contributed by atoms with Crippen molar-refractivity contribution in [1.82, 2.24) is 24.5 Å². The highest BCUT2D eigenvalue weighted by atomic mass is 35.5. The van der Waals surface area contributed by atoms with Crippen molar-refractivity contribution < 1.29 is 5.11 Å². The Hall–Kier alpha value is -3.68. The zero-order chi connectivity index (χ0) is 22.2. The molecule has 0 aliphatic rings. The molecule has 7 nitrogen and oxygen atoms in total. The third kappa shape index (κ3) is 3.62. The molecule has 1 unspecified atom stereocenters. The van der Waals surface area contributed by atoms with Gasteiger partial charge in [-0.15, -0.1) is 0 Å². The van der Waals surface area contributed by atoms with Gasteiger partial charge in [-0.2, -0.15) is 10.2 Å². The van der Waals surface area contributed by atoms with Crippen LogP contribution in [0.2, 0.25) is 5.02 Å². The number of aromatic nitrogens is 5. The highest BCUT2D eigenvalue weighted by Gasteiger charge is 2.16. The van der Waals surface area contributed by atoms with E-state index in [1.807, 2.05) is 43.6 Å². The first kappa shape index (κ1) is 20.2. The number of fused-ring (bicyclic) bond motifs is 1. The van der Waals surface area contributed by atoms with Gasteiger partial charge in [-0.1, -0.05) is 29.8 Å². The van der Waals surface area contributed by atoms with Crippen LogP contribution in [-0.2, 0) is 7.05 Å². The smallest absolute Gasteiger partial charge is 0.251 e. The van der Waals surface area contributed by atoms with Crippen LogP contribution in [0.25, 0.3) is 33.3 Å². The first-order valence-corrected chi connectivity index (χ1v) is 10.5. The molecule has 0 saturated heterocycles. The van der Waals surface area contributed by atoms with Crippen LogP contribution in [0.4, 0.5) is 0 Å². The number of aliphatic hydroxyl groups is 1. The summed E-state index contributed by atoms with van der Waals surface area (Å²) in [5.74, 6) is 0. The second kappa shape index (κ2) is 8.11. The van der Waals surface area contributed by atoms with E-state index in [1.54, 1.807) is 41.3 Å². The van der Waals surface area contributed by atoms with E-state index in [-0.39, 0.29) is 12.2 Å². The molecular formula is C24H20ClN5O2. The summed E-state index contributed by atoms with van der Waals surface area (Å²) in [6.07, 6.45) is 5.39. The van der Waals surface area contributed by atoms with Gasteiger partial charge in [0.15, 0.2) is 0 Å². The van der Waals surface area contributed by atoms with Gasteiger partial charge in [0.1, 0.15) is 5.69 Å². The Bertz CT molecular complexity index is 1480. The van der Waals surface area contributed by atoms with Crippen molar-refractivity contribution in [3.8, 4) is 22.4 Å². The fraction of sp³-hybridized carbons (Fsp3) is 0.125. The average Bonchev–Trinajstić information content (AvgIpc) is 3.40. The second-order valence-corrected chi connectivity index (χ2v) is 8.09. The molecule has 0 aliphatic heterocycles. The first-order valence-electron chi connectivity index (χ1n) is 10.1. The number of hydrogen-bond acceptors (Lipinski definition) is 4. The number of pyridine rings is 1. The highest BCUT2D eigenvalue weighted by Crippen LogP contribution is 2.30. The molecule has 2 aromatic carbocycles. The maximum Gasteiger partial charge on any atom is 0.251 e. The molecule has 0 fully saturated rings. The van der Waals surface area contributed by atoms with Crippen molar-refractivity contribution >= 4 is 22.5 Å². The molecule has 5 rings (SSSR count). The van der Waals surface area contributed by atoms with Gasteiger partial charge < -0.3 is 9.67 Å². The van der Waals surface area contributed by atoms with Crippen LogP contribution in [-0.4, -0.2) is 36.3 Å². The molecule has 1 atom stereocenters. The Balaban J connectivity index is 1.54. The molecule has 2 N–H and O–H groups in total.